The van der Waals surface area contributed by atoms with Gasteiger partial charge in [-0.1, -0.05) is 31.5 Å². The molecule has 0 radical (unpaired) electrons. The van der Waals surface area contributed by atoms with Gasteiger partial charge < -0.3 is 10.4 Å². The van der Waals surface area contributed by atoms with E-state index < -0.39 is 12.0 Å². The van der Waals surface area contributed by atoms with Gasteiger partial charge in [0.25, 0.3) is 0 Å². The van der Waals surface area contributed by atoms with Crippen LogP contribution in [0.5, 0.6) is 0 Å². The first-order chi connectivity index (χ1) is 9.13. The van der Waals surface area contributed by atoms with Gasteiger partial charge in [0, 0.05) is 10.6 Å². The molecule has 0 bridgehead atoms. The predicted octanol–water partition coefficient (Wildman–Crippen LogP) is 2.25. The molecular formula is C14H17NO3S. The number of carboxylic acid groups (broad SMARTS) is 1. The van der Waals surface area contributed by atoms with Crippen molar-refractivity contribution in [3.05, 3.63) is 29.8 Å². The van der Waals surface area contributed by atoms with Gasteiger partial charge in [0.1, 0.15) is 6.04 Å². The Morgan fingerprint density at radius 1 is 1.47 bits per heavy atom. The molecule has 0 saturated carbocycles. The van der Waals surface area contributed by atoms with Crippen LogP contribution >= 0.6 is 11.8 Å². The van der Waals surface area contributed by atoms with Gasteiger partial charge in [0.15, 0.2) is 0 Å². The number of rotatable bonds is 5. The molecule has 1 aliphatic heterocycles. The molecule has 0 aromatic heterocycles. The third kappa shape index (κ3) is 3.10. The summed E-state index contributed by atoms with van der Waals surface area (Å²) in [4.78, 5) is 24.4. The number of nitrogens with one attached hydrogen (secondary N) is 1. The van der Waals surface area contributed by atoms with Crippen LogP contribution in [0.4, 0.5) is 0 Å². The first kappa shape index (κ1) is 13.9. The fourth-order valence-corrected chi connectivity index (χ4v) is 3.43. The molecule has 1 amide bonds. The van der Waals surface area contributed by atoms with E-state index in [9.17, 15) is 9.59 Å². The van der Waals surface area contributed by atoms with E-state index in [0.717, 1.165) is 16.9 Å². The van der Waals surface area contributed by atoms with Gasteiger partial charge in [-0.25, -0.2) is 4.79 Å². The number of amides is 1. The number of carboxylic acids is 1. The molecular weight excluding hydrogens is 262 g/mol. The van der Waals surface area contributed by atoms with Gasteiger partial charge in [0.05, 0.1) is 5.92 Å². The predicted molar refractivity (Wildman–Crippen MR) is 74.4 cm³/mol. The number of carbonyl (C=O) groups excluding carboxylic acids is 1. The minimum absolute atomic E-state index is 0.182. The maximum atomic E-state index is 12.2. The van der Waals surface area contributed by atoms with Gasteiger partial charge in [-0.15, -0.1) is 11.8 Å². The van der Waals surface area contributed by atoms with Crippen molar-refractivity contribution in [2.45, 2.75) is 36.6 Å². The van der Waals surface area contributed by atoms with Crippen molar-refractivity contribution >= 4 is 23.6 Å². The average Bonchev–Trinajstić information content (AvgIpc) is 2.81. The van der Waals surface area contributed by atoms with E-state index in [2.05, 4.69) is 5.32 Å². The van der Waals surface area contributed by atoms with Gasteiger partial charge in [-0.3, -0.25) is 4.79 Å². The summed E-state index contributed by atoms with van der Waals surface area (Å²) < 4.78 is 0. The fraction of sp³-hybridized carbons (Fsp3) is 0.429. The van der Waals surface area contributed by atoms with Crippen molar-refractivity contribution < 1.29 is 14.7 Å². The second kappa shape index (κ2) is 6.10. The summed E-state index contributed by atoms with van der Waals surface area (Å²) in [6, 6.07) is 7.01. The van der Waals surface area contributed by atoms with Crippen molar-refractivity contribution in [3.8, 4) is 0 Å². The Kier molecular flexibility index (Phi) is 4.47. The van der Waals surface area contributed by atoms with Crippen LogP contribution in [0.1, 0.15) is 31.2 Å². The standard InChI is InChI=1S/C14H17NO3S/c1-2-5-11(14(17)18)15-13(16)10-8-19-12-7-4-3-6-9(10)12/h3-4,6-7,10-11H,2,5,8H2,1H3,(H,15,16)(H,17,18). The lowest BCUT2D eigenvalue weighted by Gasteiger charge is -2.17. The molecule has 0 saturated heterocycles. The molecule has 2 unspecified atom stereocenters. The molecule has 0 aliphatic carbocycles. The van der Waals surface area contributed by atoms with Gasteiger partial charge in [-0.2, -0.15) is 0 Å². The number of benzene rings is 1. The van der Waals surface area contributed by atoms with Gasteiger partial charge >= 0.3 is 5.97 Å². The number of fused-ring (bicyclic) bond motifs is 1. The highest BCUT2D eigenvalue weighted by Gasteiger charge is 2.31. The van der Waals surface area contributed by atoms with Crippen LogP contribution in [0.25, 0.3) is 0 Å². The Hall–Kier alpha value is -1.49. The van der Waals surface area contributed by atoms with Crippen LogP contribution in [0.15, 0.2) is 29.2 Å². The zero-order chi connectivity index (χ0) is 13.8. The molecule has 1 aromatic rings. The highest BCUT2D eigenvalue weighted by atomic mass is 32.2. The minimum atomic E-state index is -0.964. The summed E-state index contributed by atoms with van der Waals surface area (Å²) in [6.45, 7) is 1.91. The average molecular weight is 279 g/mol. The van der Waals surface area contributed by atoms with Gasteiger partial charge in [0.2, 0.25) is 5.91 Å². The van der Waals surface area contributed by atoms with Crippen LogP contribution in [-0.2, 0) is 9.59 Å². The molecule has 5 heteroatoms. The Morgan fingerprint density at radius 2 is 2.21 bits per heavy atom. The van der Waals surface area contributed by atoms with Crippen molar-refractivity contribution in [1.29, 1.82) is 0 Å². The van der Waals surface area contributed by atoms with Crippen LogP contribution in [0.2, 0.25) is 0 Å². The molecule has 2 atom stereocenters. The van der Waals surface area contributed by atoms with Crippen molar-refractivity contribution in [3.63, 3.8) is 0 Å². The normalized spacial score (nSPS) is 18.7. The minimum Gasteiger partial charge on any atom is -0.480 e. The highest BCUT2D eigenvalue weighted by molar-refractivity contribution is 7.99. The topological polar surface area (TPSA) is 66.4 Å². The zero-order valence-electron chi connectivity index (χ0n) is 10.8. The molecule has 102 valence electrons. The van der Waals surface area contributed by atoms with Crippen molar-refractivity contribution in [2.24, 2.45) is 0 Å². The molecule has 19 heavy (non-hydrogen) atoms. The van der Waals surface area contributed by atoms with E-state index in [-0.39, 0.29) is 11.8 Å². The quantitative estimate of drug-likeness (QED) is 0.867. The summed E-state index contributed by atoms with van der Waals surface area (Å²) in [5.41, 5.74) is 1.01. The number of hydrogen-bond donors (Lipinski definition) is 2. The van der Waals surface area contributed by atoms with Crippen LogP contribution in [-0.4, -0.2) is 28.8 Å². The second-order valence-electron chi connectivity index (χ2n) is 4.59. The highest BCUT2D eigenvalue weighted by Crippen LogP contribution is 2.39. The zero-order valence-corrected chi connectivity index (χ0v) is 11.6. The molecule has 1 heterocycles. The molecule has 0 fully saturated rings. The van der Waals surface area contributed by atoms with E-state index in [1.165, 1.54) is 0 Å². The smallest absolute Gasteiger partial charge is 0.326 e. The largest absolute Gasteiger partial charge is 0.480 e. The summed E-state index contributed by atoms with van der Waals surface area (Å²) in [6.07, 6.45) is 1.19. The van der Waals surface area contributed by atoms with Crippen molar-refractivity contribution in [1.82, 2.24) is 5.32 Å². The molecule has 4 nitrogen and oxygen atoms in total. The number of thioether (sulfide) groups is 1. The van der Waals surface area contributed by atoms with Crippen LogP contribution < -0.4 is 5.32 Å². The van der Waals surface area contributed by atoms with Crippen LogP contribution in [0, 0.1) is 0 Å². The lowest BCUT2D eigenvalue weighted by Crippen LogP contribution is -2.43. The SMILES string of the molecule is CCCC(NC(=O)C1CSc2ccccc21)C(=O)O. The van der Waals surface area contributed by atoms with E-state index in [4.69, 9.17) is 5.11 Å². The third-order valence-corrected chi connectivity index (χ3v) is 4.39. The Balaban J connectivity index is 2.07. The number of aliphatic carboxylic acids is 1. The first-order valence-corrected chi connectivity index (χ1v) is 7.37. The summed E-state index contributed by atoms with van der Waals surface area (Å²) in [5.74, 6) is -0.698. The van der Waals surface area contributed by atoms with E-state index in [1.54, 1.807) is 11.8 Å². The Labute approximate surface area is 116 Å². The van der Waals surface area contributed by atoms with E-state index in [1.807, 2.05) is 31.2 Å². The maximum Gasteiger partial charge on any atom is 0.326 e. The van der Waals surface area contributed by atoms with E-state index >= 15 is 0 Å². The molecule has 2 N–H and O–H groups in total. The number of carbonyl (C=O) groups is 2. The molecule has 1 aromatic carbocycles. The van der Waals surface area contributed by atoms with Gasteiger partial charge in [-0.05, 0) is 18.1 Å². The Bertz CT molecular complexity index is 489. The van der Waals surface area contributed by atoms with E-state index in [0.29, 0.717) is 12.2 Å². The molecule has 0 spiro atoms. The number of hydrogen-bond acceptors (Lipinski definition) is 3. The summed E-state index contributed by atoms with van der Waals surface area (Å²) in [7, 11) is 0. The monoisotopic (exact) mass is 279 g/mol. The summed E-state index contributed by atoms with van der Waals surface area (Å²) in [5, 5.41) is 11.7. The molecule has 1 aliphatic rings. The maximum absolute atomic E-state index is 12.2. The first-order valence-electron chi connectivity index (χ1n) is 6.38. The summed E-state index contributed by atoms with van der Waals surface area (Å²) >= 11 is 1.64. The van der Waals surface area contributed by atoms with Crippen LogP contribution in [0.3, 0.4) is 0 Å². The van der Waals surface area contributed by atoms with Crippen molar-refractivity contribution in [2.75, 3.05) is 5.75 Å². The Morgan fingerprint density at radius 3 is 2.89 bits per heavy atom. The molecule has 2 rings (SSSR count). The lowest BCUT2D eigenvalue weighted by molar-refractivity contribution is -0.142. The second-order valence-corrected chi connectivity index (χ2v) is 5.65. The lowest BCUT2D eigenvalue weighted by atomic mass is 10.00. The fourth-order valence-electron chi connectivity index (χ4n) is 2.20. The third-order valence-electron chi connectivity index (χ3n) is 3.21.